The van der Waals surface area contributed by atoms with Crippen LogP contribution in [0, 0.1) is 5.41 Å². The average Bonchev–Trinajstić information content (AvgIpc) is 3.29. The molecule has 30 heavy (non-hydrogen) atoms. The number of anilines is 1. The molecule has 3 aromatic rings. The SMILES string of the molecule is CC(NC(=O)c1cnn(C)c1Cc1ccccc1)c1csc(NC(=O)C(C)(C)C)n1. The number of rotatable bonds is 6. The van der Waals surface area contributed by atoms with E-state index in [-0.39, 0.29) is 17.9 Å². The molecule has 2 N–H and O–H groups in total. The van der Waals surface area contributed by atoms with Gasteiger partial charge in [-0.05, 0) is 12.5 Å². The third kappa shape index (κ3) is 5.13. The van der Waals surface area contributed by atoms with Crippen LogP contribution in [-0.2, 0) is 18.3 Å². The first-order valence-electron chi connectivity index (χ1n) is 9.77. The zero-order chi connectivity index (χ0) is 21.9. The van der Waals surface area contributed by atoms with E-state index in [1.807, 2.05) is 70.5 Å². The van der Waals surface area contributed by atoms with E-state index in [1.54, 1.807) is 10.9 Å². The molecule has 3 rings (SSSR count). The van der Waals surface area contributed by atoms with Crippen LogP contribution in [0.1, 0.15) is 61.0 Å². The number of aromatic nitrogens is 3. The van der Waals surface area contributed by atoms with Gasteiger partial charge >= 0.3 is 0 Å². The number of aryl methyl sites for hydroxylation is 1. The fourth-order valence-corrected chi connectivity index (χ4v) is 3.63. The maximum absolute atomic E-state index is 12.9. The molecule has 0 bridgehead atoms. The highest BCUT2D eigenvalue weighted by Gasteiger charge is 2.23. The van der Waals surface area contributed by atoms with Gasteiger partial charge in [0.1, 0.15) is 0 Å². The Bertz CT molecular complexity index is 1030. The quantitative estimate of drug-likeness (QED) is 0.626. The van der Waals surface area contributed by atoms with Crippen LogP contribution >= 0.6 is 11.3 Å². The monoisotopic (exact) mass is 425 g/mol. The summed E-state index contributed by atoms with van der Waals surface area (Å²) in [5.74, 6) is -0.296. The van der Waals surface area contributed by atoms with Crippen LogP contribution in [0.25, 0.3) is 0 Å². The van der Waals surface area contributed by atoms with Crippen LogP contribution in [0.5, 0.6) is 0 Å². The minimum absolute atomic E-state index is 0.0963. The summed E-state index contributed by atoms with van der Waals surface area (Å²) in [4.78, 5) is 29.5. The molecule has 0 aliphatic rings. The lowest BCUT2D eigenvalue weighted by Gasteiger charge is -2.16. The Hall–Kier alpha value is -3.00. The summed E-state index contributed by atoms with van der Waals surface area (Å²) in [5, 5.41) is 12.5. The fourth-order valence-electron chi connectivity index (χ4n) is 2.83. The summed E-state index contributed by atoms with van der Waals surface area (Å²) in [7, 11) is 1.84. The largest absolute Gasteiger partial charge is 0.344 e. The van der Waals surface area contributed by atoms with Gasteiger partial charge in [0.2, 0.25) is 5.91 Å². The van der Waals surface area contributed by atoms with E-state index in [2.05, 4.69) is 20.7 Å². The first-order chi connectivity index (χ1) is 14.1. The average molecular weight is 426 g/mol. The van der Waals surface area contributed by atoms with Gasteiger partial charge in [-0.2, -0.15) is 5.10 Å². The number of carbonyl (C=O) groups is 2. The smallest absolute Gasteiger partial charge is 0.255 e. The number of amides is 2. The molecule has 0 aliphatic heterocycles. The number of thiazole rings is 1. The Balaban J connectivity index is 1.69. The first kappa shape index (κ1) is 21.7. The third-order valence-electron chi connectivity index (χ3n) is 4.74. The lowest BCUT2D eigenvalue weighted by molar-refractivity contribution is -0.123. The number of hydrogen-bond acceptors (Lipinski definition) is 5. The third-order valence-corrected chi connectivity index (χ3v) is 5.51. The first-order valence-corrected chi connectivity index (χ1v) is 10.7. The number of nitrogens with one attached hydrogen (secondary N) is 2. The molecule has 7 nitrogen and oxygen atoms in total. The second-order valence-corrected chi connectivity index (χ2v) is 9.13. The van der Waals surface area contributed by atoms with Crippen molar-refractivity contribution >= 4 is 28.3 Å². The summed E-state index contributed by atoms with van der Waals surface area (Å²) < 4.78 is 1.73. The Kier molecular flexibility index (Phi) is 6.36. The van der Waals surface area contributed by atoms with Gasteiger partial charge < -0.3 is 10.6 Å². The Morgan fingerprint density at radius 3 is 2.57 bits per heavy atom. The molecule has 0 spiro atoms. The normalized spacial score (nSPS) is 12.4. The predicted octanol–water partition coefficient (Wildman–Crippen LogP) is 3.94. The van der Waals surface area contributed by atoms with Crippen molar-refractivity contribution < 1.29 is 9.59 Å². The molecule has 1 unspecified atom stereocenters. The lowest BCUT2D eigenvalue weighted by atomic mass is 9.96. The van der Waals surface area contributed by atoms with Gasteiger partial charge in [0.15, 0.2) is 5.13 Å². The predicted molar refractivity (Wildman–Crippen MR) is 119 cm³/mol. The highest BCUT2D eigenvalue weighted by Crippen LogP contribution is 2.24. The molecule has 0 saturated carbocycles. The van der Waals surface area contributed by atoms with Crippen molar-refractivity contribution in [2.75, 3.05) is 5.32 Å². The van der Waals surface area contributed by atoms with Crippen LogP contribution < -0.4 is 10.6 Å². The van der Waals surface area contributed by atoms with Gasteiger partial charge in [-0.1, -0.05) is 51.1 Å². The summed E-state index contributed by atoms with van der Waals surface area (Å²) >= 11 is 1.34. The van der Waals surface area contributed by atoms with E-state index in [0.717, 1.165) is 11.3 Å². The molecular weight excluding hydrogens is 398 g/mol. The molecule has 8 heteroatoms. The van der Waals surface area contributed by atoms with E-state index >= 15 is 0 Å². The van der Waals surface area contributed by atoms with E-state index in [1.165, 1.54) is 11.3 Å². The molecule has 2 heterocycles. The molecule has 1 atom stereocenters. The fraction of sp³-hybridized carbons (Fsp3) is 0.364. The Labute approximate surface area is 180 Å². The van der Waals surface area contributed by atoms with Gasteiger partial charge in [-0.15, -0.1) is 11.3 Å². The van der Waals surface area contributed by atoms with Crippen LogP contribution in [0.3, 0.4) is 0 Å². The summed E-state index contributed by atoms with van der Waals surface area (Å²) in [6.07, 6.45) is 2.21. The molecular formula is C22H27N5O2S. The summed E-state index contributed by atoms with van der Waals surface area (Å²) in [6, 6.07) is 9.67. The van der Waals surface area contributed by atoms with E-state index < -0.39 is 5.41 Å². The summed E-state index contributed by atoms with van der Waals surface area (Å²) in [5.41, 5.74) is 2.71. The minimum atomic E-state index is -0.499. The zero-order valence-corrected chi connectivity index (χ0v) is 18.7. The van der Waals surface area contributed by atoms with E-state index in [0.29, 0.717) is 22.8 Å². The van der Waals surface area contributed by atoms with Crippen molar-refractivity contribution in [2.45, 2.75) is 40.2 Å². The number of benzene rings is 1. The second-order valence-electron chi connectivity index (χ2n) is 8.27. The minimum Gasteiger partial charge on any atom is -0.344 e. The highest BCUT2D eigenvalue weighted by molar-refractivity contribution is 7.13. The standard InChI is InChI=1S/C22H27N5O2S/c1-14(17-13-30-21(25-17)26-20(29)22(2,3)4)24-19(28)16-12-23-27(5)18(16)11-15-9-7-6-8-10-15/h6-10,12-14H,11H2,1-5H3,(H,24,28)(H,25,26,29). The topological polar surface area (TPSA) is 88.9 Å². The van der Waals surface area contributed by atoms with Gasteiger partial charge in [-0.3, -0.25) is 14.3 Å². The van der Waals surface area contributed by atoms with E-state index in [4.69, 9.17) is 0 Å². The number of nitrogens with zero attached hydrogens (tertiary/aromatic N) is 3. The van der Waals surface area contributed by atoms with Crippen molar-refractivity contribution in [3.63, 3.8) is 0 Å². The molecule has 158 valence electrons. The van der Waals surface area contributed by atoms with Crippen molar-refractivity contribution in [1.29, 1.82) is 0 Å². The van der Waals surface area contributed by atoms with Crippen LogP contribution in [-0.4, -0.2) is 26.6 Å². The summed E-state index contributed by atoms with van der Waals surface area (Å²) in [6.45, 7) is 7.41. The molecule has 0 aliphatic carbocycles. The van der Waals surface area contributed by atoms with Crippen molar-refractivity contribution in [2.24, 2.45) is 12.5 Å². The van der Waals surface area contributed by atoms with Crippen LogP contribution in [0.2, 0.25) is 0 Å². The number of carbonyl (C=O) groups excluding carboxylic acids is 2. The van der Waals surface area contributed by atoms with Crippen LogP contribution in [0.4, 0.5) is 5.13 Å². The molecule has 2 aromatic heterocycles. The zero-order valence-electron chi connectivity index (χ0n) is 17.9. The van der Waals surface area contributed by atoms with Gasteiger partial charge in [0, 0.05) is 24.3 Å². The maximum Gasteiger partial charge on any atom is 0.255 e. The van der Waals surface area contributed by atoms with Crippen LogP contribution in [0.15, 0.2) is 41.9 Å². The maximum atomic E-state index is 12.9. The van der Waals surface area contributed by atoms with Gasteiger partial charge in [-0.25, -0.2) is 4.98 Å². The van der Waals surface area contributed by atoms with Gasteiger partial charge in [0.25, 0.3) is 5.91 Å². The Morgan fingerprint density at radius 1 is 1.20 bits per heavy atom. The molecule has 2 amide bonds. The molecule has 0 saturated heterocycles. The molecule has 0 fully saturated rings. The lowest BCUT2D eigenvalue weighted by Crippen LogP contribution is -2.28. The molecule has 0 radical (unpaired) electrons. The second kappa shape index (κ2) is 8.79. The molecule has 1 aromatic carbocycles. The highest BCUT2D eigenvalue weighted by atomic mass is 32.1. The van der Waals surface area contributed by atoms with Gasteiger partial charge in [0.05, 0.1) is 29.2 Å². The number of hydrogen-bond donors (Lipinski definition) is 2. The van der Waals surface area contributed by atoms with Crippen molar-refractivity contribution in [3.05, 3.63) is 64.4 Å². The van der Waals surface area contributed by atoms with E-state index in [9.17, 15) is 9.59 Å². The Morgan fingerprint density at radius 2 is 1.90 bits per heavy atom. The van der Waals surface area contributed by atoms with Crippen molar-refractivity contribution in [1.82, 2.24) is 20.1 Å². The van der Waals surface area contributed by atoms with Crippen molar-refractivity contribution in [3.8, 4) is 0 Å².